The number of carbonyl (C=O) groups is 1. The van der Waals surface area contributed by atoms with Gasteiger partial charge in [-0.25, -0.2) is 8.42 Å². The Hall–Kier alpha value is -3.32. The largest absolute Gasteiger partial charge is 0.491 e. The summed E-state index contributed by atoms with van der Waals surface area (Å²) in [6.45, 7) is 6.58. The van der Waals surface area contributed by atoms with Gasteiger partial charge >= 0.3 is 0 Å². The Balaban J connectivity index is 1.68. The molecule has 0 spiro atoms. The van der Waals surface area contributed by atoms with Crippen molar-refractivity contribution in [1.29, 1.82) is 0 Å². The average molecular weight is 481 g/mol. The van der Waals surface area contributed by atoms with Gasteiger partial charge in [-0.1, -0.05) is 55.5 Å². The van der Waals surface area contributed by atoms with E-state index in [-0.39, 0.29) is 24.5 Å². The van der Waals surface area contributed by atoms with Crippen LogP contribution in [0.2, 0.25) is 0 Å². The molecule has 180 valence electrons. The Labute approximate surface area is 202 Å². The highest BCUT2D eigenvalue weighted by atomic mass is 32.2. The molecule has 3 rings (SSSR count). The summed E-state index contributed by atoms with van der Waals surface area (Å²) in [5.74, 6) is 0.647. The van der Waals surface area contributed by atoms with Crippen molar-refractivity contribution >= 4 is 21.6 Å². The van der Waals surface area contributed by atoms with Crippen LogP contribution in [-0.2, 0) is 16.6 Å². The van der Waals surface area contributed by atoms with E-state index in [0.717, 1.165) is 5.56 Å². The van der Waals surface area contributed by atoms with Gasteiger partial charge < -0.3 is 10.1 Å². The molecule has 0 saturated carbocycles. The highest BCUT2D eigenvalue weighted by Crippen LogP contribution is 2.26. The second kappa shape index (κ2) is 11.2. The Morgan fingerprint density at radius 2 is 1.62 bits per heavy atom. The van der Waals surface area contributed by atoms with E-state index in [2.05, 4.69) is 12.2 Å². The van der Waals surface area contributed by atoms with Crippen molar-refractivity contribution in [2.24, 2.45) is 0 Å². The molecule has 3 aromatic carbocycles. The third-order valence-corrected chi connectivity index (χ3v) is 6.50. The molecule has 0 aromatic heterocycles. The molecule has 0 radical (unpaired) electrons. The molecule has 0 fully saturated rings. The minimum absolute atomic E-state index is 0.0173. The van der Waals surface area contributed by atoms with Gasteiger partial charge in [0.1, 0.15) is 5.75 Å². The molecule has 1 atom stereocenters. The Morgan fingerprint density at radius 1 is 0.941 bits per heavy atom. The van der Waals surface area contributed by atoms with Crippen LogP contribution in [0.4, 0.5) is 5.69 Å². The van der Waals surface area contributed by atoms with E-state index in [1.54, 1.807) is 48.5 Å². The topological polar surface area (TPSA) is 75.7 Å². The van der Waals surface area contributed by atoms with Crippen LogP contribution >= 0.6 is 0 Å². The molecule has 3 aromatic rings. The molecule has 1 unspecified atom stereocenters. The smallest absolute Gasteiger partial charge is 0.251 e. The standard InChI is InChI=1S/C27H32N2O4S/c1-20(2)33-26-12-8-11-25(17-26)29(34(4,31)32)19-22-13-15-24(16-14-22)27(30)28-18-21(3)23-9-6-5-7-10-23/h5-17,20-21H,18-19H2,1-4H3,(H,28,30). The van der Waals surface area contributed by atoms with Gasteiger partial charge in [-0.05, 0) is 55.2 Å². The SMILES string of the molecule is CC(C)Oc1cccc(N(Cc2ccc(C(=O)NCC(C)c3ccccc3)cc2)S(C)(=O)=O)c1. The van der Waals surface area contributed by atoms with Crippen LogP contribution in [-0.4, -0.2) is 33.2 Å². The summed E-state index contributed by atoms with van der Waals surface area (Å²) in [7, 11) is -3.53. The fourth-order valence-electron chi connectivity index (χ4n) is 3.56. The van der Waals surface area contributed by atoms with Crippen molar-refractivity contribution in [2.75, 3.05) is 17.1 Å². The quantitative estimate of drug-likeness (QED) is 0.444. The van der Waals surface area contributed by atoms with E-state index >= 15 is 0 Å². The van der Waals surface area contributed by atoms with Gasteiger partial charge in [0.25, 0.3) is 5.91 Å². The molecule has 0 aliphatic carbocycles. The summed E-state index contributed by atoms with van der Waals surface area (Å²) in [6, 6.07) is 24.1. The summed E-state index contributed by atoms with van der Waals surface area (Å²) >= 11 is 0. The van der Waals surface area contributed by atoms with Crippen LogP contribution in [0.15, 0.2) is 78.9 Å². The molecule has 1 amide bonds. The van der Waals surface area contributed by atoms with E-state index in [0.29, 0.717) is 23.5 Å². The maximum atomic E-state index is 12.6. The number of amides is 1. The molecule has 1 N–H and O–H groups in total. The van der Waals surface area contributed by atoms with Crippen molar-refractivity contribution < 1.29 is 17.9 Å². The van der Waals surface area contributed by atoms with Crippen molar-refractivity contribution in [1.82, 2.24) is 5.32 Å². The van der Waals surface area contributed by atoms with Crippen LogP contribution in [0.25, 0.3) is 0 Å². The fourth-order valence-corrected chi connectivity index (χ4v) is 4.44. The molecule has 0 aliphatic heterocycles. The molecule has 0 aliphatic rings. The summed E-state index contributed by atoms with van der Waals surface area (Å²) in [5, 5.41) is 2.97. The second-order valence-corrected chi connectivity index (χ2v) is 10.6. The van der Waals surface area contributed by atoms with Crippen molar-refractivity contribution in [3.05, 3.63) is 95.6 Å². The van der Waals surface area contributed by atoms with Crippen molar-refractivity contribution in [3.8, 4) is 5.75 Å². The van der Waals surface area contributed by atoms with Crippen LogP contribution < -0.4 is 14.4 Å². The lowest BCUT2D eigenvalue weighted by atomic mass is 10.0. The zero-order chi connectivity index (χ0) is 24.7. The van der Waals surface area contributed by atoms with E-state index < -0.39 is 10.0 Å². The van der Waals surface area contributed by atoms with Crippen molar-refractivity contribution in [2.45, 2.75) is 39.3 Å². The molecule has 0 saturated heterocycles. The molecule has 0 bridgehead atoms. The minimum atomic E-state index is -3.53. The van der Waals surface area contributed by atoms with E-state index in [4.69, 9.17) is 4.74 Å². The van der Waals surface area contributed by atoms with Gasteiger partial charge in [0.05, 0.1) is 24.6 Å². The van der Waals surface area contributed by atoms with E-state index in [9.17, 15) is 13.2 Å². The molecular formula is C27H32N2O4S. The third kappa shape index (κ3) is 7.09. The number of sulfonamides is 1. The van der Waals surface area contributed by atoms with Gasteiger partial charge in [0, 0.05) is 18.2 Å². The average Bonchev–Trinajstić information content (AvgIpc) is 2.80. The van der Waals surface area contributed by atoms with Gasteiger partial charge in [0.2, 0.25) is 10.0 Å². The molecule has 34 heavy (non-hydrogen) atoms. The number of hydrogen-bond donors (Lipinski definition) is 1. The van der Waals surface area contributed by atoms with Crippen LogP contribution in [0, 0.1) is 0 Å². The summed E-state index contributed by atoms with van der Waals surface area (Å²) in [6.07, 6.45) is 1.16. The predicted molar refractivity (Wildman–Crippen MR) is 137 cm³/mol. The molecule has 6 nitrogen and oxygen atoms in total. The zero-order valence-electron chi connectivity index (χ0n) is 20.1. The second-order valence-electron chi connectivity index (χ2n) is 8.65. The normalized spacial score (nSPS) is 12.3. The van der Waals surface area contributed by atoms with Crippen molar-refractivity contribution in [3.63, 3.8) is 0 Å². The number of nitrogens with one attached hydrogen (secondary N) is 1. The van der Waals surface area contributed by atoms with E-state index in [1.165, 1.54) is 16.1 Å². The highest BCUT2D eigenvalue weighted by molar-refractivity contribution is 7.92. The first-order valence-corrected chi connectivity index (χ1v) is 13.1. The number of benzene rings is 3. The van der Waals surface area contributed by atoms with Crippen LogP contribution in [0.3, 0.4) is 0 Å². The van der Waals surface area contributed by atoms with Crippen LogP contribution in [0.5, 0.6) is 5.75 Å². The predicted octanol–water partition coefficient (Wildman–Crippen LogP) is 4.97. The first-order chi connectivity index (χ1) is 16.1. The maximum absolute atomic E-state index is 12.6. The lowest BCUT2D eigenvalue weighted by molar-refractivity contribution is 0.0951. The summed E-state index contributed by atoms with van der Waals surface area (Å²) in [5.41, 5.74) is 3.00. The lowest BCUT2D eigenvalue weighted by Crippen LogP contribution is -2.29. The molecule has 0 heterocycles. The third-order valence-electron chi connectivity index (χ3n) is 5.36. The van der Waals surface area contributed by atoms with E-state index in [1.807, 2.05) is 44.2 Å². The molecule has 7 heteroatoms. The maximum Gasteiger partial charge on any atom is 0.251 e. The number of rotatable bonds is 10. The van der Waals surface area contributed by atoms with Gasteiger partial charge in [-0.15, -0.1) is 0 Å². The first kappa shape index (κ1) is 25.3. The number of hydrogen-bond acceptors (Lipinski definition) is 4. The Kier molecular flexibility index (Phi) is 8.34. The monoisotopic (exact) mass is 480 g/mol. The van der Waals surface area contributed by atoms with Crippen LogP contribution in [0.1, 0.15) is 48.2 Å². The zero-order valence-corrected chi connectivity index (χ0v) is 20.9. The number of ether oxygens (including phenoxy) is 1. The highest BCUT2D eigenvalue weighted by Gasteiger charge is 2.19. The number of nitrogens with zero attached hydrogens (tertiary/aromatic N) is 1. The van der Waals surface area contributed by atoms with Gasteiger partial charge in [0.15, 0.2) is 0 Å². The molecular weight excluding hydrogens is 448 g/mol. The van der Waals surface area contributed by atoms with Gasteiger partial charge in [-0.3, -0.25) is 9.10 Å². The minimum Gasteiger partial charge on any atom is -0.491 e. The first-order valence-electron chi connectivity index (χ1n) is 11.3. The van der Waals surface area contributed by atoms with Gasteiger partial charge in [-0.2, -0.15) is 0 Å². The Bertz CT molecular complexity index is 1190. The summed E-state index contributed by atoms with van der Waals surface area (Å²) in [4.78, 5) is 12.6. The summed E-state index contributed by atoms with van der Waals surface area (Å²) < 4.78 is 32.1. The fraction of sp³-hybridized carbons (Fsp3) is 0.296. The number of carbonyl (C=O) groups excluding carboxylic acids is 1. The number of anilines is 1. The Morgan fingerprint density at radius 3 is 2.24 bits per heavy atom. The lowest BCUT2D eigenvalue weighted by Gasteiger charge is -2.23.